The number of piperidine rings is 1. The van der Waals surface area contributed by atoms with Gasteiger partial charge in [-0.15, -0.1) is 0 Å². The molecule has 1 aromatic rings. The highest BCUT2D eigenvalue weighted by atomic mass is 32.1. The summed E-state index contributed by atoms with van der Waals surface area (Å²) in [5.74, 6) is 0.893. The molecule has 6 heteroatoms. The number of benzene rings is 1. The van der Waals surface area contributed by atoms with Gasteiger partial charge in [-0.25, -0.2) is 0 Å². The zero-order valence-corrected chi connectivity index (χ0v) is 18.2. The fraction of sp³-hybridized carbons (Fsp3) is 0.636. The van der Waals surface area contributed by atoms with Gasteiger partial charge in [-0.1, -0.05) is 33.1 Å². The molecule has 156 valence electrons. The van der Waals surface area contributed by atoms with Crippen LogP contribution in [0.2, 0.25) is 0 Å². The maximum atomic E-state index is 12.6. The topological polar surface area (TPSA) is 53.6 Å². The third-order valence-electron chi connectivity index (χ3n) is 5.07. The van der Waals surface area contributed by atoms with Crippen LogP contribution in [-0.2, 0) is 4.79 Å². The molecule has 1 fully saturated rings. The average molecular weight is 406 g/mol. The number of hydrogen-bond acceptors (Lipinski definition) is 4. The van der Waals surface area contributed by atoms with E-state index in [0.29, 0.717) is 5.11 Å². The summed E-state index contributed by atoms with van der Waals surface area (Å²) < 4.78 is 5.71. The highest BCUT2D eigenvalue weighted by molar-refractivity contribution is 7.80. The lowest BCUT2D eigenvalue weighted by molar-refractivity contribution is -0.125. The molecule has 0 radical (unpaired) electrons. The molecule has 0 aliphatic carbocycles. The molecular formula is C22H35N3O2S. The summed E-state index contributed by atoms with van der Waals surface area (Å²) in [4.78, 5) is 15.0. The molecule has 0 bridgehead atoms. The van der Waals surface area contributed by atoms with Crippen molar-refractivity contribution in [1.29, 1.82) is 0 Å². The molecular weight excluding hydrogens is 370 g/mol. The Morgan fingerprint density at radius 2 is 1.93 bits per heavy atom. The van der Waals surface area contributed by atoms with Crippen molar-refractivity contribution in [2.24, 2.45) is 5.92 Å². The molecule has 5 nitrogen and oxygen atoms in total. The van der Waals surface area contributed by atoms with Gasteiger partial charge in [-0.2, -0.15) is 0 Å². The quantitative estimate of drug-likeness (QED) is 0.441. The van der Waals surface area contributed by atoms with Gasteiger partial charge >= 0.3 is 0 Å². The molecule has 1 heterocycles. The number of rotatable bonds is 10. The minimum absolute atomic E-state index is 0.0178. The molecule has 0 saturated carbocycles. The van der Waals surface area contributed by atoms with Crippen LogP contribution in [0.15, 0.2) is 24.3 Å². The number of carbonyl (C=O) groups is 1. The smallest absolute Gasteiger partial charge is 0.230 e. The number of likely N-dealkylation sites (tertiary alicyclic amines) is 1. The molecule has 1 unspecified atom stereocenters. The predicted molar refractivity (Wildman–Crippen MR) is 120 cm³/mol. The lowest BCUT2D eigenvalue weighted by Crippen LogP contribution is -2.45. The van der Waals surface area contributed by atoms with E-state index in [1.165, 1.54) is 25.7 Å². The molecule has 2 N–H and O–H groups in total. The standard InChI is InChI=1S/C22H35N3O2S/c1-3-5-7-16-27-20-12-10-19(11-13-20)23-22(28)24-21(26)18-9-8-15-25(17-18)14-6-4-2/h10-13,18H,3-9,14-17H2,1-2H3,(H2,23,24,26,28). The number of unbranched alkanes of at least 4 members (excludes halogenated alkanes) is 3. The Hall–Kier alpha value is -1.66. The number of nitrogens with one attached hydrogen (secondary N) is 2. The third-order valence-corrected chi connectivity index (χ3v) is 5.27. The minimum Gasteiger partial charge on any atom is -0.494 e. The maximum absolute atomic E-state index is 12.6. The van der Waals surface area contributed by atoms with Crippen LogP contribution in [0.25, 0.3) is 0 Å². The van der Waals surface area contributed by atoms with E-state index in [0.717, 1.165) is 56.9 Å². The maximum Gasteiger partial charge on any atom is 0.230 e. The second-order valence-corrected chi connectivity index (χ2v) is 7.92. The van der Waals surface area contributed by atoms with E-state index in [-0.39, 0.29) is 11.8 Å². The second kappa shape index (κ2) is 12.7. The van der Waals surface area contributed by atoms with E-state index < -0.39 is 0 Å². The van der Waals surface area contributed by atoms with Gasteiger partial charge in [-0.3, -0.25) is 4.79 Å². The van der Waals surface area contributed by atoms with Gasteiger partial charge in [-0.05, 0) is 75.3 Å². The lowest BCUT2D eigenvalue weighted by Gasteiger charge is -2.31. The monoisotopic (exact) mass is 405 g/mol. The Balaban J connectivity index is 1.74. The van der Waals surface area contributed by atoms with E-state index in [2.05, 4.69) is 29.4 Å². The molecule has 28 heavy (non-hydrogen) atoms. The molecule has 1 saturated heterocycles. The lowest BCUT2D eigenvalue weighted by atomic mass is 9.97. The predicted octanol–water partition coefficient (Wildman–Crippen LogP) is 4.58. The Morgan fingerprint density at radius 1 is 1.18 bits per heavy atom. The fourth-order valence-electron chi connectivity index (χ4n) is 3.41. The first kappa shape index (κ1) is 22.6. The summed E-state index contributed by atoms with van der Waals surface area (Å²) in [7, 11) is 0. The molecule has 0 aromatic heterocycles. The van der Waals surface area contributed by atoms with Crippen LogP contribution in [0.5, 0.6) is 5.75 Å². The van der Waals surface area contributed by atoms with Gasteiger partial charge in [0.2, 0.25) is 5.91 Å². The normalized spacial score (nSPS) is 17.1. The van der Waals surface area contributed by atoms with E-state index in [1.807, 2.05) is 24.3 Å². The minimum atomic E-state index is 0.0178. The Morgan fingerprint density at radius 3 is 2.64 bits per heavy atom. The summed E-state index contributed by atoms with van der Waals surface area (Å²) >= 11 is 5.33. The SMILES string of the molecule is CCCCCOc1ccc(NC(=S)NC(=O)C2CCCN(CCCC)C2)cc1. The average Bonchev–Trinajstić information content (AvgIpc) is 2.71. The van der Waals surface area contributed by atoms with Gasteiger partial charge in [0.15, 0.2) is 5.11 Å². The Labute approximate surface area is 175 Å². The summed E-state index contributed by atoms with van der Waals surface area (Å²) in [6.45, 7) is 8.13. The molecule has 1 aromatic carbocycles. The van der Waals surface area contributed by atoms with Crippen LogP contribution in [-0.4, -0.2) is 42.2 Å². The largest absolute Gasteiger partial charge is 0.494 e. The number of hydrogen-bond donors (Lipinski definition) is 2. The van der Waals surface area contributed by atoms with E-state index in [9.17, 15) is 4.79 Å². The van der Waals surface area contributed by atoms with Crippen molar-refractivity contribution in [2.75, 3.05) is 31.6 Å². The van der Waals surface area contributed by atoms with Crippen molar-refractivity contribution in [1.82, 2.24) is 10.2 Å². The van der Waals surface area contributed by atoms with Gasteiger partial charge in [0.1, 0.15) is 5.75 Å². The first-order chi connectivity index (χ1) is 13.6. The number of anilines is 1. The summed E-state index contributed by atoms with van der Waals surface area (Å²) in [6.07, 6.45) is 7.82. The van der Waals surface area contributed by atoms with Gasteiger partial charge in [0.25, 0.3) is 0 Å². The number of nitrogens with zero attached hydrogens (tertiary/aromatic N) is 1. The van der Waals surface area contributed by atoms with Crippen molar-refractivity contribution in [2.45, 2.75) is 58.8 Å². The summed E-state index contributed by atoms with van der Waals surface area (Å²) in [6, 6.07) is 7.68. The van der Waals surface area contributed by atoms with Crippen molar-refractivity contribution in [3.05, 3.63) is 24.3 Å². The molecule has 1 atom stereocenters. The van der Waals surface area contributed by atoms with Crippen LogP contribution < -0.4 is 15.4 Å². The van der Waals surface area contributed by atoms with Crippen LogP contribution >= 0.6 is 12.2 Å². The number of ether oxygens (including phenoxy) is 1. The highest BCUT2D eigenvalue weighted by Gasteiger charge is 2.25. The van der Waals surface area contributed by atoms with Crippen LogP contribution in [0.1, 0.15) is 58.8 Å². The number of carbonyl (C=O) groups excluding carboxylic acids is 1. The van der Waals surface area contributed by atoms with Gasteiger partial charge in [0, 0.05) is 12.2 Å². The van der Waals surface area contributed by atoms with Crippen molar-refractivity contribution >= 4 is 28.9 Å². The molecule has 1 amide bonds. The zero-order valence-electron chi connectivity index (χ0n) is 17.3. The van der Waals surface area contributed by atoms with Gasteiger partial charge < -0.3 is 20.3 Å². The molecule has 1 aliphatic rings. The molecule has 2 rings (SSSR count). The van der Waals surface area contributed by atoms with E-state index in [1.54, 1.807) is 0 Å². The van der Waals surface area contributed by atoms with Crippen LogP contribution in [0.4, 0.5) is 5.69 Å². The second-order valence-electron chi connectivity index (χ2n) is 7.52. The van der Waals surface area contributed by atoms with Gasteiger partial charge in [0.05, 0.1) is 12.5 Å². The van der Waals surface area contributed by atoms with Crippen molar-refractivity contribution in [3.63, 3.8) is 0 Å². The van der Waals surface area contributed by atoms with E-state index >= 15 is 0 Å². The third kappa shape index (κ3) is 8.15. The highest BCUT2D eigenvalue weighted by Crippen LogP contribution is 2.18. The Bertz CT molecular complexity index is 606. The van der Waals surface area contributed by atoms with Crippen LogP contribution in [0, 0.1) is 5.92 Å². The number of amides is 1. The van der Waals surface area contributed by atoms with Crippen molar-refractivity contribution in [3.8, 4) is 5.75 Å². The summed E-state index contributed by atoms with van der Waals surface area (Å²) in [5.41, 5.74) is 0.847. The molecule has 1 aliphatic heterocycles. The zero-order chi connectivity index (χ0) is 20.2. The number of thiocarbonyl (C=S) groups is 1. The first-order valence-electron chi connectivity index (χ1n) is 10.7. The van der Waals surface area contributed by atoms with E-state index in [4.69, 9.17) is 17.0 Å². The fourth-order valence-corrected chi connectivity index (χ4v) is 3.63. The Kier molecular flexibility index (Phi) is 10.3. The molecule has 0 spiro atoms. The summed E-state index contributed by atoms with van der Waals surface area (Å²) in [5, 5.41) is 6.31. The van der Waals surface area contributed by atoms with Crippen LogP contribution in [0.3, 0.4) is 0 Å². The first-order valence-corrected chi connectivity index (χ1v) is 11.1. The van der Waals surface area contributed by atoms with Crippen molar-refractivity contribution < 1.29 is 9.53 Å².